The lowest BCUT2D eigenvalue weighted by molar-refractivity contribution is -0.117. The van der Waals surface area contributed by atoms with Crippen LogP contribution in [0.4, 0.5) is 16.2 Å². The van der Waals surface area contributed by atoms with Crippen molar-refractivity contribution in [2.45, 2.75) is 12.8 Å². The van der Waals surface area contributed by atoms with Gasteiger partial charge in [0.25, 0.3) is 0 Å². The molecule has 3 heterocycles. The molecule has 0 bridgehead atoms. The van der Waals surface area contributed by atoms with E-state index in [4.69, 9.17) is 5.73 Å². The summed E-state index contributed by atoms with van der Waals surface area (Å²) in [6.45, 7) is 3.15. The third-order valence-corrected chi connectivity index (χ3v) is 6.83. The number of aromatic amines is 1. The van der Waals surface area contributed by atoms with Crippen molar-refractivity contribution >= 4 is 51.9 Å². The van der Waals surface area contributed by atoms with Gasteiger partial charge in [0.1, 0.15) is 5.65 Å². The number of hydrogen-bond acceptors (Lipinski definition) is 4. The Bertz CT molecular complexity index is 1540. The molecule has 192 valence electrons. The highest BCUT2D eigenvalue weighted by molar-refractivity contribution is 6.24. The van der Waals surface area contributed by atoms with E-state index in [9.17, 15) is 14.4 Å². The number of urea groups is 1. The van der Waals surface area contributed by atoms with Crippen molar-refractivity contribution in [3.8, 4) is 0 Å². The fourth-order valence-corrected chi connectivity index (χ4v) is 4.59. The van der Waals surface area contributed by atoms with Gasteiger partial charge in [-0.15, -0.1) is 0 Å². The Morgan fingerprint density at radius 3 is 2.47 bits per heavy atom. The number of anilines is 2. The predicted octanol–water partition coefficient (Wildman–Crippen LogP) is 4.20. The number of hydrogen-bond donors (Lipinski definition) is 3. The van der Waals surface area contributed by atoms with Gasteiger partial charge in [-0.1, -0.05) is 42.5 Å². The van der Waals surface area contributed by atoms with Crippen LogP contribution in [0.15, 0.2) is 73.1 Å². The van der Waals surface area contributed by atoms with Crippen molar-refractivity contribution in [3.63, 3.8) is 0 Å². The molecule has 1 saturated heterocycles. The van der Waals surface area contributed by atoms with E-state index in [0.29, 0.717) is 46.5 Å². The summed E-state index contributed by atoms with van der Waals surface area (Å²) in [6.07, 6.45) is 5.04. The highest BCUT2D eigenvalue weighted by Gasteiger charge is 2.27. The smallest absolute Gasteiger partial charge is 0.324 e. The van der Waals surface area contributed by atoms with E-state index < -0.39 is 11.8 Å². The lowest BCUT2D eigenvalue weighted by atomic mass is 9.99. The Labute approximate surface area is 220 Å². The zero-order valence-electron chi connectivity index (χ0n) is 21.1. The van der Waals surface area contributed by atoms with Crippen molar-refractivity contribution < 1.29 is 14.4 Å². The fraction of sp³-hybridized carbons (Fsp3) is 0.172. The number of aromatic nitrogens is 2. The molecule has 1 unspecified atom stereocenters. The van der Waals surface area contributed by atoms with Gasteiger partial charge in [0, 0.05) is 54.7 Å². The number of nitrogens with zero attached hydrogens (tertiary/aromatic N) is 3. The Morgan fingerprint density at radius 1 is 1.08 bits per heavy atom. The van der Waals surface area contributed by atoms with Crippen LogP contribution >= 0.6 is 0 Å². The van der Waals surface area contributed by atoms with Crippen LogP contribution in [0.1, 0.15) is 29.5 Å². The van der Waals surface area contributed by atoms with E-state index >= 15 is 0 Å². The minimum absolute atomic E-state index is 0.0339. The van der Waals surface area contributed by atoms with Crippen LogP contribution in [0.25, 0.3) is 22.7 Å². The van der Waals surface area contributed by atoms with Crippen LogP contribution in [-0.4, -0.2) is 52.9 Å². The van der Waals surface area contributed by atoms with Crippen LogP contribution in [0, 0.1) is 0 Å². The third kappa shape index (κ3) is 4.73. The van der Waals surface area contributed by atoms with E-state index in [1.807, 2.05) is 61.5 Å². The van der Waals surface area contributed by atoms with Crippen LogP contribution < -0.4 is 16.0 Å². The summed E-state index contributed by atoms with van der Waals surface area (Å²) >= 11 is 0. The molecule has 4 aromatic rings. The van der Waals surface area contributed by atoms with E-state index in [2.05, 4.69) is 15.3 Å². The normalized spacial score (nSPS) is 14.7. The van der Waals surface area contributed by atoms with E-state index in [1.165, 1.54) is 0 Å². The lowest BCUT2D eigenvalue weighted by Crippen LogP contribution is -2.29. The molecule has 0 saturated carbocycles. The van der Waals surface area contributed by atoms with Gasteiger partial charge in [-0.05, 0) is 42.3 Å². The molecule has 1 aliphatic rings. The molecule has 1 atom stereocenters. The van der Waals surface area contributed by atoms with Gasteiger partial charge in [-0.2, -0.15) is 0 Å². The zero-order valence-corrected chi connectivity index (χ0v) is 21.1. The van der Waals surface area contributed by atoms with Gasteiger partial charge in [0.05, 0.1) is 11.6 Å². The van der Waals surface area contributed by atoms with Gasteiger partial charge in [0.15, 0.2) is 0 Å². The fourth-order valence-electron chi connectivity index (χ4n) is 4.59. The average Bonchev–Trinajstić information content (AvgIpc) is 3.50. The molecule has 2 aromatic carbocycles. The number of fused-ring (bicyclic) bond motifs is 1. The Balaban J connectivity index is 1.40. The number of carbonyl (C=O) groups excluding carboxylic acids is 3. The summed E-state index contributed by atoms with van der Waals surface area (Å²) in [6, 6.07) is 18.3. The van der Waals surface area contributed by atoms with Crippen LogP contribution in [-0.2, 0) is 9.59 Å². The van der Waals surface area contributed by atoms with E-state index in [-0.39, 0.29) is 11.9 Å². The molecule has 38 heavy (non-hydrogen) atoms. The van der Waals surface area contributed by atoms with Crippen LogP contribution in [0.5, 0.6) is 0 Å². The molecule has 9 nitrogen and oxygen atoms in total. The van der Waals surface area contributed by atoms with Crippen molar-refractivity contribution in [2.24, 2.45) is 5.73 Å². The van der Waals surface area contributed by atoms with Gasteiger partial charge in [-0.25, -0.2) is 9.78 Å². The van der Waals surface area contributed by atoms with Crippen LogP contribution in [0.3, 0.4) is 0 Å². The second-order valence-electron chi connectivity index (χ2n) is 9.27. The van der Waals surface area contributed by atoms with Gasteiger partial charge < -0.3 is 20.9 Å². The summed E-state index contributed by atoms with van der Waals surface area (Å²) in [4.78, 5) is 48.7. The lowest BCUT2D eigenvalue weighted by Gasteiger charge is -2.18. The number of rotatable bonds is 7. The molecule has 0 spiro atoms. The molecule has 4 amide bonds. The second kappa shape index (κ2) is 10.2. The first-order valence-electron chi connectivity index (χ1n) is 12.3. The largest absolute Gasteiger partial charge is 0.366 e. The molecule has 0 aliphatic carbocycles. The van der Waals surface area contributed by atoms with Gasteiger partial charge in [-0.3, -0.25) is 14.5 Å². The van der Waals surface area contributed by atoms with Crippen molar-refractivity contribution in [1.82, 2.24) is 14.9 Å². The number of primary amides is 1. The number of nitrogens with two attached hydrogens (primary N) is 1. The number of nitrogens with one attached hydrogen (secondary N) is 2. The highest BCUT2D eigenvalue weighted by atomic mass is 16.2. The minimum atomic E-state index is -0.556. The number of pyridine rings is 1. The number of H-pyrrole nitrogens is 1. The predicted molar refractivity (Wildman–Crippen MR) is 148 cm³/mol. The van der Waals surface area contributed by atoms with E-state index in [0.717, 1.165) is 11.3 Å². The number of amides is 4. The summed E-state index contributed by atoms with van der Waals surface area (Å²) in [5.74, 6) is -1.21. The minimum Gasteiger partial charge on any atom is -0.366 e. The average molecular weight is 509 g/mol. The van der Waals surface area contributed by atoms with Crippen molar-refractivity contribution in [3.05, 3.63) is 89.7 Å². The molecule has 0 radical (unpaired) electrons. The number of benzene rings is 2. The zero-order chi connectivity index (χ0) is 26.8. The Kier molecular flexibility index (Phi) is 6.66. The quantitative estimate of drug-likeness (QED) is 0.324. The van der Waals surface area contributed by atoms with Gasteiger partial charge in [0.2, 0.25) is 11.8 Å². The maximum atomic E-state index is 13.3. The first-order valence-corrected chi connectivity index (χ1v) is 12.3. The second-order valence-corrected chi connectivity index (χ2v) is 9.27. The topological polar surface area (TPSA) is 124 Å². The highest BCUT2D eigenvalue weighted by Crippen LogP contribution is 2.30. The molecular formula is C29H28N6O3. The van der Waals surface area contributed by atoms with Crippen LogP contribution in [0.2, 0.25) is 0 Å². The monoisotopic (exact) mass is 508 g/mol. The molecule has 4 N–H and O–H groups in total. The summed E-state index contributed by atoms with van der Waals surface area (Å²) in [5.41, 5.74) is 10.2. The van der Waals surface area contributed by atoms with Crippen molar-refractivity contribution in [2.75, 3.05) is 30.4 Å². The Morgan fingerprint density at radius 2 is 1.82 bits per heavy atom. The van der Waals surface area contributed by atoms with Crippen molar-refractivity contribution in [1.29, 1.82) is 0 Å². The number of likely N-dealkylation sites (N-methyl/N-ethyl adjacent to an activating group) is 1. The summed E-state index contributed by atoms with van der Waals surface area (Å²) in [5, 5.41) is 3.69. The molecule has 1 aliphatic heterocycles. The maximum Gasteiger partial charge on any atom is 0.324 e. The molecular weight excluding hydrogens is 480 g/mol. The number of carbonyl (C=O) groups is 3. The SMILES string of the molecule is CC(C(=O)Nc1ccnc2[nH]cc(/C=C(/C(N)=O)c3ccccc3)c12)c1ccc(N2CCN(C)C2=O)cc1. The standard InChI is InChI=1S/C29H28N6O3/c1-18(19-8-10-22(11-9-19)35-15-14-34(2)29(35)38)28(37)33-24-12-13-31-27-25(24)21(17-32-27)16-23(26(30)36)20-6-4-3-5-7-20/h3-13,16-18H,14-15H2,1-2H3,(H2,30,36)(H2,31,32,33,37)/b23-16+. The van der Waals surface area contributed by atoms with E-state index in [1.54, 1.807) is 41.4 Å². The molecule has 2 aromatic heterocycles. The first kappa shape index (κ1) is 24.8. The molecule has 1 fully saturated rings. The summed E-state index contributed by atoms with van der Waals surface area (Å²) in [7, 11) is 1.78. The Hall–Kier alpha value is -4.92. The summed E-state index contributed by atoms with van der Waals surface area (Å²) < 4.78 is 0. The first-order chi connectivity index (χ1) is 18.3. The maximum absolute atomic E-state index is 13.3. The molecule has 5 rings (SSSR count). The third-order valence-electron chi connectivity index (χ3n) is 6.83. The van der Waals surface area contributed by atoms with Gasteiger partial charge >= 0.3 is 6.03 Å². The molecule has 9 heteroatoms.